The molecule has 136 valence electrons. The van der Waals surface area contributed by atoms with Gasteiger partial charge in [-0.2, -0.15) is 0 Å². The number of hydrogen-bond acceptors (Lipinski definition) is 3. The molecule has 5 nitrogen and oxygen atoms in total. The lowest BCUT2D eigenvalue weighted by molar-refractivity contribution is -0.119. The number of benzene rings is 2. The number of carbonyl (C=O) groups excluding carboxylic acids is 1. The Morgan fingerprint density at radius 1 is 1.19 bits per heavy atom. The van der Waals surface area contributed by atoms with Gasteiger partial charge in [-0.3, -0.25) is 9.52 Å². The van der Waals surface area contributed by atoms with Crippen molar-refractivity contribution >= 4 is 54.8 Å². The Labute approximate surface area is 165 Å². The van der Waals surface area contributed by atoms with Crippen molar-refractivity contribution in [2.24, 2.45) is 5.92 Å². The van der Waals surface area contributed by atoms with Crippen LogP contribution in [0.15, 0.2) is 45.8 Å². The van der Waals surface area contributed by atoms with Crippen molar-refractivity contribution in [3.63, 3.8) is 0 Å². The molecule has 0 spiro atoms. The molecule has 8 heteroatoms. The number of carbonyl (C=O) groups is 1. The fraction of sp³-hybridized carbons (Fsp3) is 0.278. The standard InChI is InChI=1S/C18H16BrClN2O3S/c19-15-5-3-13(10-16(15)20)21-26(24,25)14-4-6-17-12(9-14)7-8-22(17)18(23)11-1-2-11/h3-6,9-11,21H,1-2,7-8H2. The highest BCUT2D eigenvalue weighted by atomic mass is 79.9. The monoisotopic (exact) mass is 454 g/mol. The Kier molecular flexibility index (Phi) is 4.49. The summed E-state index contributed by atoms with van der Waals surface area (Å²) in [5, 5.41) is 0.424. The summed E-state index contributed by atoms with van der Waals surface area (Å²) in [5.74, 6) is 0.301. The highest BCUT2D eigenvalue weighted by Crippen LogP contribution is 2.37. The number of nitrogens with one attached hydrogen (secondary N) is 1. The van der Waals surface area contributed by atoms with E-state index in [1.165, 1.54) is 0 Å². The average molecular weight is 456 g/mol. The van der Waals surface area contributed by atoms with E-state index in [9.17, 15) is 13.2 Å². The third kappa shape index (κ3) is 3.35. The lowest BCUT2D eigenvalue weighted by Gasteiger charge is -2.17. The molecule has 0 bridgehead atoms. The third-order valence-corrected chi connectivity index (χ3v) is 7.23. The molecule has 0 atom stereocenters. The van der Waals surface area contributed by atoms with Crippen LogP contribution in [-0.4, -0.2) is 20.9 Å². The van der Waals surface area contributed by atoms with E-state index in [2.05, 4.69) is 20.7 Å². The lowest BCUT2D eigenvalue weighted by atomic mass is 10.2. The Morgan fingerprint density at radius 2 is 1.96 bits per heavy atom. The first-order valence-corrected chi connectivity index (χ1v) is 10.9. The van der Waals surface area contributed by atoms with Gasteiger partial charge in [-0.15, -0.1) is 0 Å². The molecule has 1 fully saturated rings. The zero-order valence-corrected chi connectivity index (χ0v) is 16.9. The Morgan fingerprint density at radius 3 is 2.65 bits per heavy atom. The maximum atomic E-state index is 12.7. The Hall–Kier alpha value is -1.57. The highest BCUT2D eigenvalue weighted by Gasteiger charge is 2.36. The van der Waals surface area contributed by atoms with Gasteiger partial charge >= 0.3 is 0 Å². The maximum Gasteiger partial charge on any atom is 0.261 e. The van der Waals surface area contributed by atoms with Crippen LogP contribution in [0.5, 0.6) is 0 Å². The molecular weight excluding hydrogens is 440 g/mol. The summed E-state index contributed by atoms with van der Waals surface area (Å²) in [5.41, 5.74) is 2.10. The SMILES string of the molecule is O=C(C1CC1)N1CCc2cc(S(=O)(=O)Nc3ccc(Br)c(Cl)c3)ccc21. The molecule has 1 aliphatic carbocycles. The smallest absolute Gasteiger partial charge is 0.261 e. The van der Waals surface area contributed by atoms with Crippen molar-refractivity contribution in [1.82, 2.24) is 0 Å². The van der Waals surface area contributed by atoms with Crippen LogP contribution >= 0.6 is 27.5 Å². The van der Waals surface area contributed by atoms with E-state index in [1.54, 1.807) is 41.3 Å². The largest absolute Gasteiger partial charge is 0.312 e. The number of nitrogens with zero attached hydrogens (tertiary/aromatic N) is 1. The van der Waals surface area contributed by atoms with Gasteiger partial charge in [0.25, 0.3) is 10.0 Å². The van der Waals surface area contributed by atoms with Gasteiger partial charge in [0.05, 0.1) is 15.6 Å². The number of fused-ring (bicyclic) bond motifs is 1. The third-order valence-electron chi connectivity index (χ3n) is 4.62. The van der Waals surface area contributed by atoms with E-state index in [-0.39, 0.29) is 16.7 Å². The average Bonchev–Trinajstić information content (AvgIpc) is 3.36. The highest BCUT2D eigenvalue weighted by molar-refractivity contribution is 9.10. The van der Waals surface area contributed by atoms with Crippen LogP contribution < -0.4 is 9.62 Å². The van der Waals surface area contributed by atoms with Crippen molar-refractivity contribution in [3.8, 4) is 0 Å². The van der Waals surface area contributed by atoms with Crippen molar-refractivity contribution in [2.45, 2.75) is 24.2 Å². The first-order valence-electron chi connectivity index (χ1n) is 8.27. The Bertz CT molecular complexity index is 1010. The second-order valence-corrected chi connectivity index (χ2v) is 9.48. The van der Waals surface area contributed by atoms with Gasteiger partial charge in [0.1, 0.15) is 0 Å². The summed E-state index contributed by atoms with van der Waals surface area (Å²) < 4.78 is 28.6. The van der Waals surface area contributed by atoms with E-state index >= 15 is 0 Å². The molecule has 2 aromatic rings. The molecule has 26 heavy (non-hydrogen) atoms. The summed E-state index contributed by atoms with van der Waals surface area (Å²) in [6, 6.07) is 9.79. The minimum atomic E-state index is -3.73. The molecular formula is C18H16BrClN2O3S. The zero-order chi connectivity index (χ0) is 18.5. The molecule has 1 heterocycles. The first kappa shape index (κ1) is 17.8. The van der Waals surface area contributed by atoms with Crippen molar-refractivity contribution in [3.05, 3.63) is 51.5 Å². The van der Waals surface area contributed by atoms with Gasteiger partial charge in [0.15, 0.2) is 0 Å². The van der Waals surface area contributed by atoms with Gasteiger partial charge in [-0.25, -0.2) is 8.42 Å². The van der Waals surface area contributed by atoms with Gasteiger partial charge in [-0.1, -0.05) is 11.6 Å². The molecule has 0 radical (unpaired) electrons. The van der Waals surface area contributed by atoms with Crippen LogP contribution in [0.1, 0.15) is 18.4 Å². The summed E-state index contributed by atoms with van der Waals surface area (Å²) in [4.78, 5) is 14.3. The number of amides is 1. The Balaban J connectivity index is 1.59. The minimum Gasteiger partial charge on any atom is -0.312 e. The summed E-state index contributed by atoms with van der Waals surface area (Å²) in [7, 11) is -3.73. The quantitative estimate of drug-likeness (QED) is 0.751. The summed E-state index contributed by atoms with van der Waals surface area (Å²) in [6.07, 6.45) is 2.58. The second-order valence-electron chi connectivity index (χ2n) is 6.54. The summed E-state index contributed by atoms with van der Waals surface area (Å²) in [6.45, 7) is 0.615. The fourth-order valence-corrected chi connectivity index (χ4v) is 4.63. The number of anilines is 2. The molecule has 1 saturated carbocycles. The van der Waals surface area contributed by atoms with Crippen molar-refractivity contribution in [2.75, 3.05) is 16.2 Å². The normalized spacial score (nSPS) is 16.5. The number of hydrogen-bond donors (Lipinski definition) is 1. The molecule has 0 aromatic heterocycles. The molecule has 2 aromatic carbocycles. The van der Waals surface area contributed by atoms with Crippen molar-refractivity contribution < 1.29 is 13.2 Å². The molecule has 1 amide bonds. The van der Waals surface area contributed by atoms with Gasteiger partial charge in [0, 0.05) is 22.6 Å². The van der Waals surface area contributed by atoms with E-state index < -0.39 is 10.0 Å². The molecule has 1 aliphatic heterocycles. The molecule has 0 saturated heterocycles. The number of sulfonamides is 1. The van der Waals surface area contributed by atoms with Crippen LogP contribution in [0.3, 0.4) is 0 Å². The molecule has 4 rings (SSSR count). The molecule has 2 aliphatic rings. The summed E-state index contributed by atoms with van der Waals surface area (Å²) >= 11 is 9.30. The van der Waals surface area contributed by atoms with E-state index in [0.29, 0.717) is 28.1 Å². The van der Waals surface area contributed by atoms with E-state index in [4.69, 9.17) is 11.6 Å². The number of rotatable bonds is 4. The first-order chi connectivity index (χ1) is 12.3. The van der Waals surface area contributed by atoms with Crippen LogP contribution in [0.2, 0.25) is 5.02 Å². The maximum absolute atomic E-state index is 12.7. The van der Waals surface area contributed by atoms with E-state index in [0.717, 1.165) is 24.1 Å². The lowest BCUT2D eigenvalue weighted by Crippen LogP contribution is -2.30. The zero-order valence-electron chi connectivity index (χ0n) is 13.7. The fourth-order valence-electron chi connectivity index (χ4n) is 3.10. The predicted octanol–water partition coefficient (Wildman–Crippen LogP) is 4.20. The topological polar surface area (TPSA) is 66.5 Å². The molecule has 1 N–H and O–H groups in total. The van der Waals surface area contributed by atoms with Crippen LogP contribution in [0.25, 0.3) is 0 Å². The van der Waals surface area contributed by atoms with E-state index in [1.807, 2.05) is 0 Å². The number of halogens is 2. The van der Waals surface area contributed by atoms with Gasteiger partial charge < -0.3 is 4.90 Å². The van der Waals surface area contributed by atoms with Gasteiger partial charge in [0.2, 0.25) is 5.91 Å². The predicted molar refractivity (Wildman–Crippen MR) is 105 cm³/mol. The van der Waals surface area contributed by atoms with Crippen LogP contribution in [0.4, 0.5) is 11.4 Å². The van der Waals surface area contributed by atoms with Crippen LogP contribution in [-0.2, 0) is 21.2 Å². The second kappa shape index (κ2) is 6.55. The molecule has 0 unspecified atom stereocenters. The van der Waals surface area contributed by atoms with Crippen LogP contribution in [0, 0.1) is 5.92 Å². The van der Waals surface area contributed by atoms with Crippen molar-refractivity contribution in [1.29, 1.82) is 0 Å². The minimum absolute atomic E-state index is 0.146. The van der Waals surface area contributed by atoms with Gasteiger partial charge in [-0.05, 0) is 77.2 Å².